The Bertz CT molecular complexity index is 224. The molecule has 1 aromatic carbocycles. The van der Waals surface area contributed by atoms with Crippen molar-refractivity contribution in [1.29, 1.82) is 0 Å². The van der Waals surface area contributed by atoms with E-state index in [1.807, 2.05) is 30.4 Å². The van der Waals surface area contributed by atoms with E-state index in [-0.39, 0.29) is 29.6 Å². The maximum atomic E-state index is 3.59. The third kappa shape index (κ3) is 4.20. The first-order valence-corrected chi connectivity index (χ1v) is 3.27. The van der Waals surface area contributed by atoms with Crippen LogP contribution in [0.2, 0.25) is 0 Å². The van der Waals surface area contributed by atoms with Gasteiger partial charge in [0.25, 0.3) is 0 Å². The SMILES string of the molecule is C=CC=Cc1ccccc1.[Na]. The molecule has 1 heteroatoms. The molecule has 0 saturated heterocycles. The Labute approximate surface area is 89.9 Å². The topological polar surface area (TPSA) is 0 Å². The Morgan fingerprint density at radius 2 is 1.73 bits per heavy atom. The predicted molar refractivity (Wildman–Crippen MR) is 51.4 cm³/mol. The van der Waals surface area contributed by atoms with Gasteiger partial charge >= 0.3 is 0 Å². The van der Waals surface area contributed by atoms with E-state index in [1.165, 1.54) is 5.56 Å². The molecule has 1 aromatic rings. The molecule has 0 saturated carbocycles. The van der Waals surface area contributed by atoms with E-state index >= 15 is 0 Å². The van der Waals surface area contributed by atoms with Crippen LogP contribution in [0.4, 0.5) is 0 Å². The summed E-state index contributed by atoms with van der Waals surface area (Å²) in [5, 5.41) is 0. The number of rotatable bonds is 2. The second-order valence-corrected chi connectivity index (χ2v) is 2.01. The fourth-order valence-corrected chi connectivity index (χ4v) is 0.743. The van der Waals surface area contributed by atoms with E-state index in [4.69, 9.17) is 0 Å². The summed E-state index contributed by atoms with van der Waals surface area (Å²) in [6, 6.07) is 10.1. The summed E-state index contributed by atoms with van der Waals surface area (Å²) in [6.45, 7) is 3.59. The van der Waals surface area contributed by atoms with E-state index in [9.17, 15) is 0 Å². The fourth-order valence-electron chi connectivity index (χ4n) is 0.743. The molecule has 51 valence electrons. The molecule has 0 spiro atoms. The molecule has 1 rings (SSSR count). The minimum atomic E-state index is 0. The molecule has 0 unspecified atom stereocenters. The van der Waals surface area contributed by atoms with E-state index < -0.39 is 0 Å². The predicted octanol–water partition coefficient (Wildman–Crippen LogP) is 2.50. The van der Waals surface area contributed by atoms with Crippen LogP contribution in [0.1, 0.15) is 5.56 Å². The van der Waals surface area contributed by atoms with Crippen molar-refractivity contribution in [3.8, 4) is 0 Å². The van der Waals surface area contributed by atoms with Crippen LogP contribution in [-0.2, 0) is 0 Å². The van der Waals surface area contributed by atoms with E-state index in [1.54, 1.807) is 6.08 Å². The first kappa shape index (κ1) is 10.7. The van der Waals surface area contributed by atoms with Crippen molar-refractivity contribution in [1.82, 2.24) is 0 Å². The Kier molecular flexibility index (Phi) is 6.24. The van der Waals surface area contributed by atoms with Gasteiger partial charge in [-0.1, -0.05) is 55.1 Å². The summed E-state index contributed by atoms with van der Waals surface area (Å²) in [5.74, 6) is 0. The molecule has 11 heavy (non-hydrogen) atoms. The van der Waals surface area contributed by atoms with Crippen LogP contribution >= 0.6 is 0 Å². The van der Waals surface area contributed by atoms with Crippen molar-refractivity contribution in [2.24, 2.45) is 0 Å². The van der Waals surface area contributed by atoms with Crippen molar-refractivity contribution < 1.29 is 0 Å². The second kappa shape index (κ2) is 6.41. The van der Waals surface area contributed by atoms with E-state index in [0.29, 0.717) is 0 Å². The molecule has 0 fully saturated rings. The first-order chi connectivity index (χ1) is 4.93. The summed E-state index contributed by atoms with van der Waals surface area (Å²) < 4.78 is 0. The van der Waals surface area contributed by atoms with Crippen molar-refractivity contribution in [2.45, 2.75) is 0 Å². The quantitative estimate of drug-likeness (QED) is 0.452. The van der Waals surface area contributed by atoms with Crippen molar-refractivity contribution in [3.63, 3.8) is 0 Å². The summed E-state index contributed by atoms with van der Waals surface area (Å²) in [7, 11) is 0. The molecule has 0 heterocycles. The van der Waals surface area contributed by atoms with Crippen LogP contribution in [0.5, 0.6) is 0 Å². The Balaban J connectivity index is 0.000001000. The molecule has 1 radical (unpaired) electrons. The minimum Gasteiger partial charge on any atom is -0.0991 e. The standard InChI is InChI=1S/C10H10.Na/c1-2-3-7-10-8-5-4-6-9-10;/h2-9H,1H2;. The second-order valence-electron chi connectivity index (χ2n) is 2.01. The average molecular weight is 153 g/mol. The molecule has 0 atom stereocenters. The Morgan fingerprint density at radius 3 is 2.27 bits per heavy atom. The van der Waals surface area contributed by atoms with Gasteiger partial charge in [-0.05, 0) is 5.56 Å². The molecule has 0 nitrogen and oxygen atoms in total. The molecule has 0 bridgehead atoms. The zero-order valence-electron chi connectivity index (χ0n) is 6.83. The van der Waals surface area contributed by atoms with Crippen LogP contribution in [0, 0.1) is 0 Å². The van der Waals surface area contributed by atoms with Gasteiger partial charge in [0.1, 0.15) is 0 Å². The van der Waals surface area contributed by atoms with Gasteiger partial charge in [-0.3, -0.25) is 0 Å². The van der Waals surface area contributed by atoms with Gasteiger partial charge < -0.3 is 0 Å². The fraction of sp³-hybridized carbons (Fsp3) is 0. The van der Waals surface area contributed by atoms with Gasteiger partial charge in [0.05, 0.1) is 0 Å². The van der Waals surface area contributed by atoms with E-state index in [0.717, 1.165) is 0 Å². The van der Waals surface area contributed by atoms with Crippen LogP contribution in [0.25, 0.3) is 6.08 Å². The van der Waals surface area contributed by atoms with Crippen LogP contribution in [-0.4, -0.2) is 29.6 Å². The molecule has 0 N–H and O–H groups in total. The maximum absolute atomic E-state index is 3.59. The van der Waals surface area contributed by atoms with Gasteiger partial charge in [-0.25, -0.2) is 0 Å². The maximum Gasteiger partial charge on any atom is 0 e. The largest absolute Gasteiger partial charge is 0.0991 e. The normalized spacial score (nSPS) is 9.09. The van der Waals surface area contributed by atoms with Crippen molar-refractivity contribution in [3.05, 3.63) is 54.6 Å². The summed E-state index contributed by atoms with van der Waals surface area (Å²) in [4.78, 5) is 0. The Hall–Kier alpha value is -0.300. The smallest absolute Gasteiger partial charge is 0 e. The third-order valence-corrected chi connectivity index (χ3v) is 1.22. The molecule has 0 aliphatic rings. The molecular weight excluding hydrogens is 143 g/mol. The third-order valence-electron chi connectivity index (χ3n) is 1.22. The summed E-state index contributed by atoms with van der Waals surface area (Å²) in [6.07, 6.45) is 5.72. The summed E-state index contributed by atoms with van der Waals surface area (Å²) in [5.41, 5.74) is 1.21. The first-order valence-electron chi connectivity index (χ1n) is 3.27. The minimum absolute atomic E-state index is 0. The van der Waals surface area contributed by atoms with Gasteiger partial charge in [0.2, 0.25) is 0 Å². The number of hydrogen-bond acceptors (Lipinski definition) is 0. The van der Waals surface area contributed by atoms with Crippen molar-refractivity contribution in [2.75, 3.05) is 0 Å². The zero-order chi connectivity index (χ0) is 7.23. The summed E-state index contributed by atoms with van der Waals surface area (Å²) >= 11 is 0. The molecule has 0 aromatic heterocycles. The Morgan fingerprint density at radius 1 is 1.09 bits per heavy atom. The number of benzene rings is 1. The van der Waals surface area contributed by atoms with Crippen molar-refractivity contribution >= 4 is 35.6 Å². The molecular formula is C10H10Na. The zero-order valence-corrected chi connectivity index (χ0v) is 8.83. The van der Waals surface area contributed by atoms with E-state index in [2.05, 4.69) is 18.7 Å². The average Bonchev–Trinajstić information content (AvgIpc) is 2.03. The van der Waals surface area contributed by atoms with Gasteiger partial charge in [0.15, 0.2) is 0 Å². The number of hydrogen-bond donors (Lipinski definition) is 0. The van der Waals surface area contributed by atoms with Gasteiger partial charge in [-0.2, -0.15) is 0 Å². The molecule has 0 amide bonds. The molecule has 0 aliphatic heterocycles. The molecule has 0 aliphatic carbocycles. The number of allylic oxidation sites excluding steroid dienone is 2. The van der Waals surface area contributed by atoms with Gasteiger partial charge in [-0.15, -0.1) is 0 Å². The monoisotopic (exact) mass is 153 g/mol. The van der Waals surface area contributed by atoms with Crippen LogP contribution < -0.4 is 0 Å². The van der Waals surface area contributed by atoms with Gasteiger partial charge in [0, 0.05) is 29.6 Å². The van der Waals surface area contributed by atoms with Crippen LogP contribution in [0.15, 0.2) is 49.1 Å². The van der Waals surface area contributed by atoms with Crippen LogP contribution in [0.3, 0.4) is 0 Å².